The molecule has 0 aliphatic carbocycles. The van der Waals surface area contributed by atoms with E-state index in [4.69, 9.17) is 16.7 Å². The van der Waals surface area contributed by atoms with Crippen LogP contribution in [0.15, 0.2) is 24.3 Å². The summed E-state index contributed by atoms with van der Waals surface area (Å²) in [6.07, 6.45) is 0.206. The molecule has 1 N–H and O–H groups in total. The number of carboxylic acids is 1. The summed E-state index contributed by atoms with van der Waals surface area (Å²) < 4.78 is 12.4. The van der Waals surface area contributed by atoms with Crippen molar-refractivity contribution in [2.75, 3.05) is 0 Å². The lowest BCUT2D eigenvalue weighted by Gasteiger charge is -2.03. The van der Waals surface area contributed by atoms with Crippen molar-refractivity contribution < 1.29 is 14.3 Å². The molecule has 0 aliphatic heterocycles. The van der Waals surface area contributed by atoms with E-state index in [0.717, 1.165) is 0 Å². The zero-order chi connectivity index (χ0) is 9.84. The Morgan fingerprint density at radius 3 is 2.46 bits per heavy atom. The fourth-order valence-corrected chi connectivity index (χ4v) is 1.09. The van der Waals surface area contributed by atoms with Gasteiger partial charge in [0.15, 0.2) is 0 Å². The topological polar surface area (TPSA) is 37.3 Å². The summed E-state index contributed by atoms with van der Waals surface area (Å²) in [5, 5.41) is 7.54. The van der Waals surface area contributed by atoms with Gasteiger partial charge in [-0.25, -0.2) is 4.39 Å². The summed E-state index contributed by atoms with van der Waals surface area (Å²) >= 11 is 5.50. The van der Waals surface area contributed by atoms with Gasteiger partial charge in [0.25, 0.3) is 0 Å². The summed E-state index contributed by atoms with van der Waals surface area (Å²) in [5.74, 6) is -1.41. The fourth-order valence-electron chi connectivity index (χ4n) is 0.915. The fraction of sp³-hybridized carbons (Fsp3) is 0.222. The molecule has 70 valence electrons. The summed E-state index contributed by atoms with van der Waals surface area (Å²) in [7, 11) is 0. The Labute approximate surface area is 80.0 Å². The van der Waals surface area contributed by atoms with Crippen LogP contribution in [-0.4, -0.2) is 16.5 Å². The van der Waals surface area contributed by atoms with Gasteiger partial charge in [0, 0.05) is 0 Å². The maximum Gasteiger partial charge on any atom is 0.321 e. The van der Waals surface area contributed by atoms with Crippen molar-refractivity contribution in [2.24, 2.45) is 0 Å². The minimum Gasteiger partial charge on any atom is -0.480 e. The van der Waals surface area contributed by atoms with E-state index in [1.165, 1.54) is 24.3 Å². The van der Waals surface area contributed by atoms with Gasteiger partial charge in [0.2, 0.25) is 0 Å². The minimum absolute atomic E-state index is 0.206. The number of benzene rings is 1. The molecule has 0 saturated heterocycles. The second kappa shape index (κ2) is 4.23. The summed E-state index contributed by atoms with van der Waals surface area (Å²) in [5.41, 5.74) is 0.712. The molecule has 0 aliphatic rings. The van der Waals surface area contributed by atoms with Gasteiger partial charge in [0.1, 0.15) is 11.2 Å². The van der Waals surface area contributed by atoms with Gasteiger partial charge in [-0.2, -0.15) is 0 Å². The van der Waals surface area contributed by atoms with Crippen LogP contribution in [0.2, 0.25) is 0 Å². The molecular weight excluding hydrogens is 195 g/mol. The Morgan fingerprint density at radius 1 is 1.46 bits per heavy atom. The zero-order valence-electron chi connectivity index (χ0n) is 6.71. The van der Waals surface area contributed by atoms with E-state index in [9.17, 15) is 9.18 Å². The quantitative estimate of drug-likeness (QED) is 0.762. The van der Waals surface area contributed by atoms with Crippen LogP contribution in [-0.2, 0) is 11.2 Å². The Bertz CT molecular complexity index is 297. The highest BCUT2D eigenvalue weighted by atomic mass is 35.5. The molecule has 2 nitrogen and oxygen atoms in total. The van der Waals surface area contributed by atoms with E-state index in [2.05, 4.69) is 0 Å². The number of alkyl halides is 1. The van der Waals surface area contributed by atoms with Crippen LogP contribution in [0, 0.1) is 5.82 Å². The van der Waals surface area contributed by atoms with Crippen molar-refractivity contribution in [1.82, 2.24) is 0 Å². The van der Waals surface area contributed by atoms with Gasteiger partial charge in [-0.3, -0.25) is 4.79 Å². The van der Waals surface area contributed by atoms with Gasteiger partial charge in [-0.15, -0.1) is 11.6 Å². The van der Waals surface area contributed by atoms with Crippen LogP contribution in [0.1, 0.15) is 5.56 Å². The van der Waals surface area contributed by atoms with Crippen molar-refractivity contribution in [2.45, 2.75) is 11.8 Å². The van der Waals surface area contributed by atoms with Gasteiger partial charge in [-0.1, -0.05) is 12.1 Å². The van der Waals surface area contributed by atoms with Crippen LogP contribution in [0.25, 0.3) is 0 Å². The molecule has 0 bridgehead atoms. The summed E-state index contributed by atoms with van der Waals surface area (Å²) in [4.78, 5) is 10.4. The third-order valence-electron chi connectivity index (χ3n) is 1.60. The van der Waals surface area contributed by atoms with Crippen molar-refractivity contribution in [3.05, 3.63) is 35.6 Å². The maximum absolute atomic E-state index is 12.4. The third-order valence-corrected chi connectivity index (χ3v) is 1.94. The summed E-state index contributed by atoms with van der Waals surface area (Å²) in [6, 6.07) is 5.60. The molecule has 0 amide bonds. The molecule has 1 aromatic rings. The standard InChI is InChI=1S/C9H8ClFO2/c10-8(9(12)13)5-6-1-3-7(11)4-2-6/h1-4,8H,5H2,(H,12,13)/t8-/m0/s1. The van der Waals surface area contributed by atoms with Crippen molar-refractivity contribution >= 4 is 17.6 Å². The number of rotatable bonds is 3. The van der Waals surface area contributed by atoms with Crippen molar-refractivity contribution in [1.29, 1.82) is 0 Å². The Kier molecular flexibility index (Phi) is 3.25. The minimum atomic E-state index is -1.06. The molecule has 1 atom stereocenters. The first-order chi connectivity index (χ1) is 6.09. The Hall–Kier alpha value is -1.09. The second-order valence-corrected chi connectivity index (χ2v) is 3.16. The van der Waals surface area contributed by atoms with E-state index in [0.29, 0.717) is 5.56 Å². The lowest BCUT2D eigenvalue weighted by Crippen LogP contribution is -2.15. The van der Waals surface area contributed by atoms with Gasteiger partial charge >= 0.3 is 5.97 Å². The average Bonchev–Trinajstić information content (AvgIpc) is 2.08. The van der Waals surface area contributed by atoms with E-state index < -0.39 is 11.3 Å². The van der Waals surface area contributed by atoms with Crippen molar-refractivity contribution in [3.63, 3.8) is 0 Å². The van der Waals surface area contributed by atoms with E-state index in [-0.39, 0.29) is 12.2 Å². The first-order valence-electron chi connectivity index (χ1n) is 3.71. The molecule has 1 aromatic carbocycles. The molecule has 0 unspecified atom stereocenters. The third kappa shape index (κ3) is 3.03. The Balaban J connectivity index is 2.64. The van der Waals surface area contributed by atoms with Crippen molar-refractivity contribution in [3.8, 4) is 0 Å². The molecule has 1 rings (SSSR count). The Morgan fingerprint density at radius 2 is 2.00 bits per heavy atom. The molecule has 0 heterocycles. The molecule has 0 saturated carbocycles. The lowest BCUT2D eigenvalue weighted by atomic mass is 10.1. The predicted octanol–water partition coefficient (Wildman–Crippen LogP) is 2.06. The predicted molar refractivity (Wildman–Crippen MR) is 47.4 cm³/mol. The molecule has 4 heteroatoms. The number of hydrogen-bond acceptors (Lipinski definition) is 1. The normalized spacial score (nSPS) is 12.5. The maximum atomic E-state index is 12.4. The van der Waals surface area contributed by atoms with E-state index >= 15 is 0 Å². The first kappa shape index (κ1) is 9.99. The number of carboxylic acid groups (broad SMARTS) is 1. The lowest BCUT2D eigenvalue weighted by molar-refractivity contribution is -0.136. The molecular formula is C9H8ClFO2. The van der Waals surface area contributed by atoms with E-state index in [1.807, 2.05) is 0 Å². The van der Waals surface area contributed by atoms with Crippen LogP contribution in [0.5, 0.6) is 0 Å². The first-order valence-corrected chi connectivity index (χ1v) is 4.14. The van der Waals surface area contributed by atoms with Gasteiger partial charge in [-0.05, 0) is 24.1 Å². The second-order valence-electron chi connectivity index (χ2n) is 2.64. The molecule has 0 radical (unpaired) electrons. The number of carbonyl (C=O) groups is 1. The largest absolute Gasteiger partial charge is 0.480 e. The highest BCUT2D eigenvalue weighted by molar-refractivity contribution is 6.29. The highest BCUT2D eigenvalue weighted by Crippen LogP contribution is 2.09. The smallest absolute Gasteiger partial charge is 0.321 e. The van der Waals surface area contributed by atoms with Gasteiger partial charge < -0.3 is 5.11 Å². The van der Waals surface area contributed by atoms with Crippen LogP contribution >= 0.6 is 11.6 Å². The van der Waals surface area contributed by atoms with E-state index in [1.54, 1.807) is 0 Å². The summed E-state index contributed by atoms with van der Waals surface area (Å²) in [6.45, 7) is 0. The number of hydrogen-bond donors (Lipinski definition) is 1. The monoisotopic (exact) mass is 202 g/mol. The molecule has 0 fully saturated rings. The van der Waals surface area contributed by atoms with Crippen LogP contribution in [0.3, 0.4) is 0 Å². The number of aliphatic carboxylic acids is 1. The SMILES string of the molecule is O=C(O)[C@@H](Cl)Cc1ccc(F)cc1. The molecule has 13 heavy (non-hydrogen) atoms. The highest BCUT2D eigenvalue weighted by Gasteiger charge is 2.13. The van der Waals surface area contributed by atoms with Gasteiger partial charge in [0.05, 0.1) is 0 Å². The van der Waals surface area contributed by atoms with Crippen LogP contribution in [0.4, 0.5) is 4.39 Å². The average molecular weight is 203 g/mol. The van der Waals surface area contributed by atoms with Crippen LogP contribution < -0.4 is 0 Å². The number of halogens is 2. The molecule has 0 spiro atoms. The molecule has 0 aromatic heterocycles. The zero-order valence-corrected chi connectivity index (χ0v) is 7.46.